The SMILES string of the molecule is COC(=O)c1c(NC(=S)N2CCN(c3cc4c(cc3F)c(=O)c(C(=O)O)cn4C3CC3)CC2)sc2c1CCCCCC2. The Balaban J connectivity index is 1.21. The highest BCUT2D eigenvalue weighted by Crippen LogP contribution is 2.39. The average Bonchev–Trinajstić information content (AvgIpc) is 3.76. The normalized spacial score (nSPS) is 17.4. The number of aromatic carboxylic acids is 1. The number of aromatic nitrogens is 1. The van der Waals surface area contributed by atoms with Crippen molar-refractivity contribution in [1.29, 1.82) is 0 Å². The van der Waals surface area contributed by atoms with Crippen molar-refractivity contribution in [2.75, 3.05) is 43.5 Å². The van der Waals surface area contributed by atoms with Crippen molar-refractivity contribution in [3.63, 3.8) is 0 Å². The minimum atomic E-state index is -1.31. The Kier molecular flexibility index (Phi) is 7.93. The molecule has 12 heteroatoms. The van der Waals surface area contributed by atoms with Gasteiger partial charge in [-0.1, -0.05) is 12.8 Å². The molecule has 2 aromatic heterocycles. The molecule has 1 saturated carbocycles. The summed E-state index contributed by atoms with van der Waals surface area (Å²) in [6.45, 7) is 2.07. The van der Waals surface area contributed by atoms with Gasteiger partial charge in [0.25, 0.3) is 0 Å². The quantitative estimate of drug-likeness (QED) is 0.297. The largest absolute Gasteiger partial charge is 0.477 e. The third kappa shape index (κ3) is 5.37. The van der Waals surface area contributed by atoms with E-state index >= 15 is 4.39 Å². The predicted octanol–water partition coefficient (Wildman–Crippen LogP) is 5.20. The van der Waals surface area contributed by atoms with E-state index in [2.05, 4.69) is 5.32 Å². The number of benzene rings is 1. The van der Waals surface area contributed by atoms with Gasteiger partial charge in [-0.3, -0.25) is 4.79 Å². The van der Waals surface area contributed by atoms with Gasteiger partial charge in [0, 0.05) is 48.7 Å². The molecule has 0 bridgehead atoms. The standard InChI is InChI=1S/C30H33FN4O5S2/c1-40-29(39)25-18-6-4-2-3-5-7-24(18)42-27(25)32-30(41)34-12-10-33(11-13-34)23-15-22-19(14-21(23)31)26(36)20(28(37)38)16-35(22)17-8-9-17/h14-17H,2-13H2,1H3,(H,32,41)(H,37,38). The molecule has 2 fully saturated rings. The zero-order chi connectivity index (χ0) is 29.5. The van der Waals surface area contributed by atoms with Crippen molar-refractivity contribution in [1.82, 2.24) is 9.47 Å². The molecule has 0 atom stereocenters. The molecule has 9 nitrogen and oxygen atoms in total. The van der Waals surface area contributed by atoms with E-state index < -0.39 is 17.2 Å². The van der Waals surface area contributed by atoms with Gasteiger partial charge in [-0.05, 0) is 68.4 Å². The smallest absolute Gasteiger partial charge is 0.341 e. The number of methoxy groups -OCH3 is 1. The summed E-state index contributed by atoms with van der Waals surface area (Å²) in [5.41, 5.74) is 1.58. The number of ether oxygens (including phenoxy) is 1. The van der Waals surface area contributed by atoms with Crippen LogP contribution >= 0.6 is 23.6 Å². The maximum Gasteiger partial charge on any atom is 0.341 e. The highest BCUT2D eigenvalue weighted by Gasteiger charge is 2.30. The number of aryl methyl sites for hydroxylation is 1. The second-order valence-electron chi connectivity index (χ2n) is 11.2. The van der Waals surface area contributed by atoms with Gasteiger partial charge in [0.15, 0.2) is 5.11 Å². The number of rotatable bonds is 5. The van der Waals surface area contributed by atoms with Crippen LogP contribution in [-0.4, -0.2) is 64.9 Å². The Morgan fingerprint density at radius 3 is 2.48 bits per heavy atom. The van der Waals surface area contributed by atoms with Crippen LogP contribution in [0.15, 0.2) is 23.1 Å². The van der Waals surface area contributed by atoms with Crippen LogP contribution in [0, 0.1) is 5.82 Å². The number of thiocarbonyl (C=S) groups is 1. The van der Waals surface area contributed by atoms with Gasteiger partial charge in [-0.2, -0.15) is 0 Å². The Morgan fingerprint density at radius 1 is 1.10 bits per heavy atom. The number of fused-ring (bicyclic) bond motifs is 2. The number of anilines is 2. The molecule has 0 spiro atoms. The second kappa shape index (κ2) is 11.6. The number of carbonyl (C=O) groups is 2. The average molecular weight is 613 g/mol. The second-order valence-corrected chi connectivity index (χ2v) is 12.6. The molecule has 42 heavy (non-hydrogen) atoms. The van der Waals surface area contributed by atoms with Gasteiger partial charge in [-0.25, -0.2) is 14.0 Å². The van der Waals surface area contributed by atoms with Crippen LogP contribution in [0.3, 0.4) is 0 Å². The lowest BCUT2D eigenvalue weighted by Crippen LogP contribution is -2.50. The van der Waals surface area contributed by atoms with E-state index in [0.717, 1.165) is 55.5 Å². The Bertz CT molecular complexity index is 1640. The number of nitrogens with one attached hydrogen (secondary N) is 1. The summed E-state index contributed by atoms with van der Waals surface area (Å²) >= 11 is 7.35. The third-order valence-electron chi connectivity index (χ3n) is 8.46. The van der Waals surface area contributed by atoms with Crippen molar-refractivity contribution < 1.29 is 23.8 Å². The fourth-order valence-corrected chi connectivity index (χ4v) is 7.69. The van der Waals surface area contributed by atoms with Crippen molar-refractivity contribution in [3.8, 4) is 0 Å². The van der Waals surface area contributed by atoms with Crippen LogP contribution in [0.5, 0.6) is 0 Å². The van der Waals surface area contributed by atoms with Crippen molar-refractivity contribution in [3.05, 3.63) is 55.9 Å². The van der Waals surface area contributed by atoms with E-state index in [1.54, 1.807) is 17.4 Å². The molecule has 1 aromatic carbocycles. The van der Waals surface area contributed by atoms with E-state index in [1.165, 1.54) is 30.7 Å². The molecule has 0 radical (unpaired) electrons. The Morgan fingerprint density at radius 2 is 1.81 bits per heavy atom. The van der Waals surface area contributed by atoms with E-state index in [-0.39, 0.29) is 23.0 Å². The number of carbonyl (C=O) groups excluding carboxylic acids is 1. The number of carboxylic acids is 1. The first-order valence-electron chi connectivity index (χ1n) is 14.4. The molecule has 1 aliphatic heterocycles. The zero-order valence-electron chi connectivity index (χ0n) is 23.4. The number of pyridine rings is 1. The highest BCUT2D eigenvalue weighted by molar-refractivity contribution is 7.80. The van der Waals surface area contributed by atoms with Crippen LogP contribution in [0.25, 0.3) is 10.9 Å². The molecule has 3 heterocycles. The third-order valence-corrected chi connectivity index (χ3v) is 10.0. The number of carboxylic acid groups (broad SMARTS) is 1. The van der Waals surface area contributed by atoms with Gasteiger partial charge in [-0.15, -0.1) is 11.3 Å². The molecule has 1 saturated heterocycles. The first kappa shape index (κ1) is 28.6. The van der Waals surface area contributed by atoms with Crippen LogP contribution in [0.2, 0.25) is 0 Å². The zero-order valence-corrected chi connectivity index (χ0v) is 25.0. The number of piperazine rings is 1. The Labute approximate surface area is 251 Å². The number of esters is 1. The molecule has 0 amide bonds. The molecular weight excluding hydrogens is 579 g/mol. The summed E-state index contributed by atoms with van der Waals surface area (Å²) in [5, 5.41) is 14.1. The predicted molar refractivity (Wildman–Crippen MR) is 165 cm³/mol. The van der Waals surface area contributed by atoms with E-state index in [4.69, 9.17) is 17.0 Å². The summed E-state index contributed by atoms with van der Waals surface area (Å²) in [5.74, 6) is -2.22. The van der Waals surface area contributed by atoms with Gasteiger partial charge in [0.1, 0.15) is 16.4 Å². The summed E-state index contributed by atoms with van der Waals surface area (Å²) in [7, 11) is 1.40. The minimum Gasteiger partial charge on any atom is -0.477 e. The molecule has 3 aromatic rings. The first-order chi connectivity index (χ1) is 20.3. The molecule has 222 valence electrons. The summed E-state index contributed by atoms with van der Waals surface area (Å²) in [6.07, 6.45) is 9.45. The van der Waals surface area contributed by atoms with Crippen LogP contribution < -0.4 is 15.6 Å². The molecule has 2 N–H and O–H groups in total. The summed E-state index contributed by atoms with van der Waals surface area (Å²) < 4.78 is 22.3. The maximum absolute atomic E-state index is 15.4. The number of hydrogen-bond acceptors (Lipinski definition) is 7. The van der Waals surface area contributed by atoms with Gasteiger partial charge in [0.05, 0.1) is 23.9 Å². The Hall–Kier alpha value is -3.51. The lowest BCUT2D eigenvalue weighted by Gasteiger charge is -2.37. The minimum absolute atomic E-state index is 0.0820. The van der Waals surface area contributed by atoms with E-state index in [1.807, 2.05) is 14.4 Å². The summed E-state index contributed by atoms with van der Waals surface area (Å²) in [4.78, 5) is 42.4. The van der Waals surface area contributed by atoms with Crippen LogP contribution in [0.1, 0.15) is 75.7 Å². The topological polar surface area (TPSA) is 104 Å². The lowest BCUT2D eigenvalue weighted by molar-refractivity contribution is 0.0600. The maximum atomic E-state index is 15.4. The van der Waals surface area contributed by atoms with Crippen molar-refractivity contribution >= 4 is 62.2 Å². The van der Waals surface area contributed by atoms with Gasteiger partial charge >= 0.3 is 11.9 Å². The first-order valence-corrected chi connectivity index (χ1v) is 15.6. The fraction of sp³-hybridized carbons (Fsp3) is 0.467. The van der Waals surface area contributed by atoms with Crippen molar-refractivity contribution in [2.45, 2.75) is 57.4 Å². The van der Waals surface area contributed by atoms with Crippen LogP contribution in [0.4, 0.5) is 15.1 Å². The number of halogens is 1. The number of nitrogens with zero attached hydrogens (tertiary/aromatic N) is 3. The van der Waals surface area contributed by atoms with Crippen molar-refractivity contribution in [2.24, 2.45) is 0 Å². The van der Waals surface area contributed by atoms with E-state index in [0.29, 0.717) is 48.1 Å². The van der Waals surface area contributed by atoms with Gasteiger partial charge < -0.3 is 29.5 Å². The molecule has 0 unspecified atom stereocenters. The lowest BCUT2D eigenvalue weighted by atomic mass is 9.96. The molecule has 3 aliphatic rings. The fourth-order valence-electron chi connectivity index (χ4n) is 6.06. The monoisotopic (exact) mass is 612 g/mol. The summed E-state index contributed by atoms with van der Waals surface area (Å²) in [6, 6.07) is 2.96. The molecule has 6 rings (SSSR count). The molecular formula is C30H33FN4O5S2. The number of hydrogen-bond donors (Lipinski definition) is 2. The highest BCUT2D eigenvalue weighted by atomic mass is 32.1. The number of thiophene rings is 1. The van der Waals surface area contributed by atoms with Gasteiger partial charge in [0.2, 0.25) is 5.43 Å². The molecule has 2 aliphatic carbocycles. The van der Waals surface area contributed by atoms with E-state index in [9.17, 15) is 19.5 Å². The van der Waals surface area contributed by atoms with Crippen LogP contribution in [-0.2, 0) is 17.6 Å².